The molecule has 5 aliphatic rings. The van der Waals surface area contributed by atoms with Crippen LogP contribution in [0.25, 0.3) is 0 Å². The van der Waals surface area contributed by atoms with E-state index in [9.17, 15) is 9.59 Å². The lowest BCUT2D eigenvalue weighted by Crippen LogP contribution is -2.67. The van der Waals surface area contributed by atoms with Crippen LogP contribution in [0, 0.1) is 46.3 Å². The van der Waals surface area contributed by atoms with Crippen molar-refractivity contribution >= 4 is 11.6 Å². The van der Waals surface area contributed by atoms with E-state index in [-0.39, 0.29) is 22.7 Å². The van der Waals surface area contributed by atoms with Gasteiger partial charge in [0.15, 0.2) is 0 Å². The SMILES string of the molecule is C=CCC12C(=O)[C@H]3[C@H]4C(=O)C1(CC=C)C1C2[C@H]3C[C@@H]14. The van der Waals surface area contributed by atoms with Crippen LogP contribution < -0.4 is 0 Å². The highest BCUT2D eigenvalue weighted by Crippen LogP contribution is 2.91. The topological polar surface area (TPSA) is 34.1 Å². The molecule has 0 aromatic heterocycles. The normalized spacial score (nSPS) is 61.9. The van der Waals surface area contributed by atoms with Gasteiger partial charge in [-0.2, -0.15) is 0 Å². The molecule has 0 radical (unpaired) electrons. The maximum Gasteiger partial charge on any atom is 0.144 e. The van der Waals surface area contributed by atoms with Gasteiger partial charge in [0, 0.05) is 22.7 Å². The zero-order chi connectivity index (χ0) is 13.2. The maximum absolute atomic E-state index is 13.0. The van der Waals surface area contributed by atoms with Crippen molar-refractivity contribution in [2.45, 2.75) is 19.3 Å². The number of ketones is 2. The van der Waals surface area contributed by atoms with E-state index in [4.69, 9.17) is 0 Å². The molecule has 0 aliphatic heterocycles. The Labute approximate surface area is 112 Å². The van der Waals surface area contributed by atoms with Gasteiger partial charge in [-0.15, -0.1) is 13.2 Å². The Morgan fingerprint density at radius 3 is 1.74 bits per heavy atom. The monoisotopic (exact) mass is 254 g/mol. The molecule has 2 bridgehead atoms. The number of hydrogen-bond acceptors (Lipinski definition) is 2. The molecular weight excluding hydrogens is 236 g/mol. The van der Waals surface area contributed by atoms with E-state index in [1.807, 2.05) is 12.2 Å². The molecule has 5 aliphatic carbocycles. The van der Waals surface area contributed by atoms with Crippen LogP contribution in [0.3, 0.4) is 0 Å². The standard InChI is InChI=1S/C17H18O2/c1-3-5-16-12-8-7-9-11(10(8)14(16)18)15(19)17(16,6-4-2)13(9)12/h3-4,8-13H,1-2,5-7H2/t8-,9+,10+,11-,12?,13?,16?,17?. The molecule has 0 spiro atoms. The summed E-state index contributed by atoms with van der Waals surface area (Å²) < 4.78 is 0. The van der Waals surface area contributed by atoms with Crippen molar-refractivity contribution in [1.82, 2.24) is 0 Å². The minimum atomic E-state index is -0.373. The molecule has 0 heterocycles. The number of carbonyl (C=O) groups excluding carboxylic acids is 2. The van der Waals surface area contributed by atoms with Gasteiger partial charge in [0.1, 0.15) is 11.6 Å². The van der Waals surface area contributed by atoms with E-state index in [0.29, 0.717) is 48.1 Å². The van der Waals surface area contributed by atoms with Gasteiger partial charge < -0.3 is 0 Å². The summed E-state index contributed by atoms with van der Waals surface area (Å²) >= 11 is 0. The summed E-state index contributed by atoms with van der Waals surface area (Å²) in [6.07, 6.45) is 6.30. The van der Waals surface area contributed by atoms with E-state index in [0.717, 1.165) is 6.42 Å². The number of carbonyl (C=O) groups is 2. The van der Waals surface area contributed by atoms with Crippen LogP contribution in [0.4, 0.5) is 0 Å². The fourth-order valence-electron chi connectivity index (χ4n) is 7.63. The highest BCUT2D eigenvalue weighted by atomic mass is 16.2. The molecule has 0 aromatic carbocycles. The fraction of sp³-hybridized carbons (Fsp3) is 0.647. The Morgan fingerprint density at radius 1 is 0.947 bits per heavy atom. The first-order valence-corrected chi connectivity index (χ1v) is 7.47. The van der Waals surface area contributed by atoms with Crippen LogP contribution in [0.1, 0.15) is 19.3 Å². The zero-order valence-electron chi connectivity index (χ0n) is 11.0. The Hall–Kier alpha value is -1.18. The third-order valence-corrected chi connectivity index (χ3v) is 7.51. The van der Waals surface area contributed by atoms with E-state index in [1.165, 1.54) is 0 Å². The molecule has 19 heavy (non-hydrogen) atoms. The second-order valence-corrected chi connectivity index (χ2v) is 7.32. The molecule has 2 nitrogen and oxygen atoms in total. The van der Waals surface area contributed by atoms with Crippen LogP contribution in [0.15, 0.2) is 25.3 Å². The van der Waals surface area contributed by atoms with Crippen molar-refractivity contribution in [3.8, 4) is 0 Å². The highest BCUT2D eigenvalue weighted by molar-refractivity contribution is 6.11. The van der Waals surface area contributed by atoms with Crippen molar-refractivity contribution in [2.75, 3.05) is 0 Å². The van der Waals surface area contributed by atoms with Crippen molar-refractivity contribution < 1.29 is 9.59 Å². The van der Waals surface area contributed by atoms with E-state index in [2.05, 4.69) is 13.2 Å². The Kier molecular flexibility index (Phi) is 1.48. The van der Waals surface area contributed by atoms with Crippen LogP contribution in [-0.2, 0) is 9.59 Å². The summed E-state index contributed by atoms with van der Waals surface area (Å²) in [4.78, 5) is 26.0. The van der Waals surface area contributed by atoms with Gasteiger partial charge in [-0.05, 0) is 42.9 Å². The first-order chi connectivity index (χ1) is 9.16. The Morgan fingerprint density at radius 2 is 1.37 bits per heavy atom. The minimum Gasteiger partial charge on any atom is -0.299 e. The van der Waals surface area contributed by atoms with Crippen LogP contribution in [0.5, 0.6) is 0 Å². The molecule has 5 saturated carbocycles. The molecule has 0 amide bonds. The Balaban J connectivity index is 1.82. The number of rotatable bonds is 4. The van der Waals surface area contributed by atoms with Gasteiger partial charge in [-0.3, -0.25) is 9.59 Å². The summed E-state index contributed by atoms with van der Waals surface area (Å²) in [7, 11) is 0. The smallest absolute Gasteiger partial charge is 0.144 e. The predicted molar refractivity (Wildman–Crippen MR) is 70.1 cm³/mol. The average Bonchev–Trinajstić information content (AvgIpc) is 2.95. The summed E-state index contributed by atoms with van der Waals surface area (Å²) in [5.41, 5.74) is -0.746. The number of Topliss-reactive ketones (excluding diaryl/α,β-unsaturated/α-hetero) is 2. The summed E-state index contributed by atoms with van der Waals surface area (Å²) in [6.45, 7) is 7.72. The third-order valence-electron chi connectivity index (χ3n) is 7.51. The average molecular weight is 254 g/mol. The third kappa shape index (κ3) is 0.643. The van der Waals surface area contributed by atoms with Gasteiger partial charge in [-0.1, -0.05) is 12.2 Å². The van der Waals surface area contributed by atoms with Gasteiger partial charge >= 0.3 is 0 Å². The summed E-state index contributed by atoms with van der Waals surface area (Å²) in [5.74, 6) is 3.05. The molecular formula is C17H18O2. The fourth-order valence-corrected chi connectivity index (χ4v) is 7.63. The van der Waals surface area contributed by atoms with E-state index < -0.39 is 0 Å². The summed E-state index contributed by atoms with van der Waals surface area (Å²) in [5, 5.41) is 0. The molecule has 0 aromatic rings. The van der Waals surface area contributed by atoms with Crippen LogP contribution in [-0.4, -0.2) is 11.6 Å². The molecule has 98 valence electrons. The van der Waals surface area contributed by atoms with Gasteiger partial charge in [0.25, 0.3) is 0 Å². The number of allylic oxidation sites excluding steroid dienone is 2. The molecule has 0 N–H and O–H groups in total. The summed E-state index contributed by atoms with van der Waals surface area (Å²) in [6, 6.07) is 0. The first kappa shape index (κ1) is 10.6. The molecule has 4 unspecified atom stereocenters. The van der Waals surface area contributed by atoms with E-state index in [1.54, 1.807) is 0 Å². The van der Waals surface area contributed by atoms with Crippen molar-refractivity contribution in [2.24, 2.45) is 46.3 Å². The number of fused-ring (bicyclic) bond motifs is 2. The lowest BCUT2D eigenvalue weighted by molar-refractivity contribution is -0.189. The van der Waals surface area contributed by atoms with Gasteiger partial charge in [0.05, 0.1) is 0 Å². The molecule has 0 saturated heterocycles. The highest BCUT2D eigenvalue weighted by Gasteiger charge is 2.94. The lowest BCUT2D eigenvalue weighted by Gasteiger charge is -2.63. The van der Waals surface area contributed by atoms with Gasteiger partial charge in [-0.25, -0.2) is 0 Å². The van der Waals surface area contributed by atoms with Crippen molar-refractivity contribution in [1.29, 1.82) is 0 Å². The zero-order valence-corrected chi connectivity index (χ0v) is 11.0. The number of hydrogen-bond donors (Lipinski definition) is 0. The second kappa shape index (κ2) is 2.65. The predicted octanol–water partition coefficient (Wildman–Crippen LogP) is 2.40. The maximum atomic E-state index is 13.0. The molecule has 5 rings (SSSR count). The largest absolute Gasteiger partial charge is 0.299 e. The van der Waals surface area contributed by atoms with Crippen LogP contribution in [0.2, 0.25) is 0 Å². The van der Waals surface area contributed by atoms with Crippen molar-refractivity contribution in [3.63, 3.8) is 0 Å². The Bertz CT molecular complexity index is 526. The lowest BCUT2D eigenvalue weighted by atomic mass is 9.37. The quantitative estimate of drug-likeness (QED) is 0.722. The van der Waals surface area contributed by atoms with Crippen LogP contribution >= 0.6 is 0 Å². The minimum absolute atomic E-state index is 0.0825. The van der Waals surface area contributed by atoms with E-state index >= 15 is 0 Å². The van der Waals surface area contributed by atoms with Gasteiger partial charge in [0.2, 0.25) is 0 Å². The molecule has 2 heteroatoms. The first-order valence-electron chi connectivity index (χ1n) is 7.47. The second-order valence-electron chi connectivity index (χ2n) is 7.32. The molecule has 8 atom stereocenters. The van der Waals surface area contributed by atoms with Crippen molar-refractivity contribution in [3.05, 3.63) is 25.3 Å². The molecule has 5 fully saturated rings.